The number of fused-ring (bicyclic) bond motifs is 1. The minimum atomic E-state index is -1.01. The molecule has 36 heavy (non-hydrogen) atoms. The number of halogens is 2. The normalized spacial score (nSPS) is 16.2. The Hall–Kier alpha value is -3.80. The van der Waals surface area contributed by atoms with Gasteiger partial charge in [-0.1, -0.05) is 18.2 Å². The second-order valence-corrected chi connectivity index (χ2v) is 8.90. The van der Waals surface area contributed by atoms with Gasteiger partial charge in [-0.15, -0.1) is 0 Å². The highest BCUT2D eigenvalue weighted by Gasteiger charge is 2.26. The van der Waals surface area contributed by atoms with Crippen LogP contribution < -0.4 is 15.4 Å². The van der Waals surface area contributed by atoms with E-state index in [0.717, 1.165) is 28.5 Å². The van der Waals surface area contributed by atoms with Crippen LogP contribution in [0.15, 0.2) is 60.7 Å². The summed E-state index contributed by atoms with van der Waals surface area (Å²) in [6, 6.07) is 17.6. The number of nitrogens with zero attached hydrogens (tertiary/aromatic N) is 1. The van der Waals surface area contributed by atoms with Gasteiger partial charge >= 0.3 is 0 Å². The first-order valence-corrected chi connectivity index (χ1v) is 11.7. The van der Waals surface area contributed by atoms with Crippen LogP contribution in [-0.2, 0) is 11.2 Å². The first kappa shape index (κ1) is 25.3. The monoisotopic (exact) mass is 491 g/mol. The average molecular weight is 492 g/mol. The molecule has 8 heteroatoms. The molecule has 0 bridgehead atoms. The number of aliphatic hydroxyl groups excluding tert-OH is 1. The number of ether oxygens (including phenoxy) is 1. The molecule has 6 nitrogen and oxygen atoms in total. The topological polar surface area (TPSA) is 94.4 Å². The molecule has 4 rings (SSSR count). The van der Waals surface area contributed by atoms with E-state index >= 15 is 0 Å². The molecule has 3 atom stereocenters. The number of nitriles is 1. The lowest BCUT2D eigenvalue weighted by Crippen LogP contribution is -2.48. The van der Waals surface area contributed by atoms with Crippen LogP contribution in [0.25, 0.3) is 11.1 Å². The summed E-state index contributed by atoms with van der Waals surface area (Å²) in [6.07, 6.45) is -0.274. The maximum atomic E-state index is 13.6. The summed E-state index contributed by atoms with van der Waals surface area (Å²) in [6.45, 7) is 1.97. The molecule has 0 spiro atoms. The van der Waals surface area contributed by atoms with E-state index in [1.807, 2.05) is 36.4 Å². The maximum absolute atomic E-state index is 13.6. The Morgan fingerprint density at radius 3 is 2.61 bits per heavy atom. The van der Waals surface area contributed by atoms with Crippen LogP contribution in [0, 0.1) is 23.0 Å². The van der Waals surface area contributed by atoms with Crippen LogP contribution in [0.2, 0.25) is 0 Å². The molecule has 186 valence electrons. The summed E-state index contributed by atoms with van der Waals surface area (Å²) in [5, 5.41) is 26.2. The van der Waals surface area contributed by atoms with E-state index in [0.29, 0.717) is 24.2 Å². The fraction of sp³-hybridized carbons (Fsp3) is 0.286. The number of nitrogens with one attached hydrogen (secondary N) is 2. The molecule has 1 aliphatic rings. The van der Waals surface area contributed by atoms with Crippen molar-refractivity contribution in [2.24, 2.45) is 0 Å². The van der Waals surface area contributed by atoms with Crippen LogP contribution in [0.3, 0.4) is 0 Å². The van der Waals surface area contributed by atoms with Crippen LogP contribution >= 0.6 is 0 Å². The molecular formula is C28H27F2N3O3. The molecule has 1 amide bonds. The van der Waals surface area contributed by atoms with Gasteiger partial charge in [0.15, 0.2) is 0 Å². The molecule has 3 aromatic rings. The zero-order valence-electron chi connectivity index (χ0n) is 19.8. The van der Waals surface area contributed by atoms with Crippen molar-refractivity contribution < 1.29 is 23.4 Å². The Kier molecular flexibility index (Phi) is 7.93. The predicted molar refractivity (Wildman–Crippen MR) is 131 cm³/mol. The number of hydrogen-bond donors (Lipinski definition) is 3. The molecule has 0 aliphatic carbocycles. The van der Waals surface area contributed by atoms with E-state index in [-0.39, 0.29) is 24.9 Å². The van der Waals surface area contributed by atoms with Gasteiger partial charge in [-0.05, 0) is 59.5 Å². The molecule has 1 heterocycles. The lowest BCUT2D eigenvalue weighted by Gasteiger charge is -2.30. The van der Waals surface area contributed by atoms with Crippen molar-refractivity contribution in [2.75, 3.05) is 13.2 Å². The molecule has 0 radical (unpaired) electrons. The molecule has 3 aromatic carbocycles. The number of hydrogen-bond acceptors (Lipinski definition) is 5. The van der Waals surface area contributed by atoms with Crippen molar-refractivity contribution in [1.29, 1.82) is 5.26 Å². The summed E-state index contributed by atoms with van der Waals surface area (Å²) in [4.78, 5) is 11.7. The van der Waals surface area contributed by atoms with Gasteiger partial charge in [0.1, 0.15) is 17.4 Å². The second kappa shape index (κ2) is 11.3. The number of carbonyl (C=O) groups excluding carboxylic acids is 1. The molecule has 0 saturated heterocycles. The van der Waals surface area contributed by atoms with Crippen molar-refractivity contribution >= 4 is 5.91 Å². The summed E-state index contributed by atoms with van der Waals surface area (Å²) < 4.78 is 33.1. The van der Waals surface area contributed by atoms with E-state index < -0.39 is 23.8 Å². The van der Waals surface area contributed by atoms with Gasteiger partial charge in [-0.3, -0.25) is 4.79 Å². The number of benzene rings is 3. The number of carbonyl (C=O) groups is 1. The zero-order chi connectivity index (χ0) is 25.7. The van der Waals surface area contributed by atoms with Crippen LogP contribution in [-0.4, -0.2) is 36.3 Å². The molecule has 3 unspecified atom stereocenters. The largest absolute Gasteiger partial charge is 0.493 e. The smallest absolute Gasteiger partial charge is 0.217 e. The van der Waals surface area contributed by atoms with Crippen molar-refractivity contribution in [3.63, 3.8) is 0 Å². The maximum Gasteiger partial charge on any atom is 0.217 e. The standard InChI is InChI=1S/C28H27F2N3O3/c1-17(34)33-26(12-19-10-22(29)14-23(30)11-19)27(35)16-32-25-7-8-36-28-6-5-21(13-24(25)28)20-4-2-3-18(9-20)15-31/h2-6,9-11,13-14,25-27,32,35H,7-8,12,16H2,1H3,(H,33,34). The van der Waals surface area contributed by atoms with E-state index in [9.17, 15) is 23.9 Å². The van der Waals surface area contributed by atoms with Gasteiger partial charge in [0.25, 0.3) is 0 Å². The van der Waals surface area contributed by atoms with Gasteiger partial charge in [0, 0.05) is 37.6 Å². The minimum Gasteiger partial charge on any atom is -0.493 e. The molecule has 1 aliphatic heterocycles. The van der Waals surface area contributed by atoms with Crippen molar-refractivity contribution in [3.8, 4) is 22.9 Å². The molecule has 0 aromatic heterocycles. The summed E-state index contributed by atoms with van der Waals surface area (Å²) in [5.74, 6) is -1.04. The van der Waals surface area contributed by atoms with E-state index in [1.54, 1.807) is 6.07 Å². The molecular weight excluding hydrogens is 464 g/mol. The van der Waals surface area contributed by atoms with Crippen LogP contribution in [0.4, 0.5) is 8.78 Å². The lowest BCUT2D eigenvalue weighted by molar-refractivity contribution is -0.120. The number of amides is 1. The molecule has 3 N–H and O–H groups in total. The highest BCUT2D eigenvalue weighted by Crippen LogP contribution is 2.35. The highest BCUT2D eigenvalue weighted by atomic mass is 19.1. The summed E-state index contributed by atoms with van der Waals surface area (Å²) in [5.41, 5.74) is 3.69. The van der Waals surface area contributed by atoms with E-state index in [4.69, 9.17) is 4.74 Å². The molecule has 0 saturated carbocycles. The summed E-state index contributed by atoms with van der Waals surface area (Å²) in [7, 11) is 0. The van der Waals surface area contributed by atoms with Gasteiger partial charge in [0.2, 0.25) is 5.91 Å². The summed E-state index contributed by atoms with van der Waals surface area (Å²) >= 11 is 0. The zero-order valence-corrected chi connectivity index (χ0v) is 19.8. The van der Waals surface area contributed by atoms with E-state index in [2.05, 4.69) is 16.7 Å². The van der Waals surface area contributed by atoms with Crippen LogP contribution in [0.1, 0.15) is 36.1 Å². The Balaban J connectivity index is 1.50. The Labute approximate surface area is 208 Å². The van der Waals surface area contributed by atoms with Crippen molar-refractivity contribution in [2.45, 2.75) is 38.0 Å². The number of rotatable bonds is 8. The quantitative estimate of drug-likeness (QED) is 0.443. The Bertz CT molecular complexity index is 1270. The van der Waals surface area contributed by atoms with Crippen molar-refractivity contribution in [1.82, 2.24) is 10.6 Å². The van der Waals surface area contributed by atoms with Crippen molar-refractivity contribution in [3.05, 3.63) is 89.0 Å². The first-order chi connectivity index (χ1) is 17.3. The van der Waals surface area contributed by atoms with Gasteiger partial charge in [0.05, 0.1) is 30.4 Å². The second-order valence-electron chi connectivity index (χ2n) is 8.90. The fourth-order valence-electron chi connectivity index (χ4n) is 4.49. The minimum absolute atomic E-state index is 0.0703. The van der Waals surface area contributed by atoms with E-state index in [1.165, 1.54) is 19.1 Å². The number of aliphatic hydroxyl groups is 1. The third kappa shape index (κ3) is 6.25. The third-order valence-corrected chi connectivity index (χ3v) is 6.18. The Morgan fingerprint density at radius 1 is 1.14 bits per heavy atom. The van der Waals surface area contributed by atoms with Gasteiger partial charge in [-0.25, -0.2) is 8.78 Å². The highest BCUT2D eigenvalue weighted by molar-refractivity contribution is 5.73. The molecule has 0 fully saturated rings. The van der Waals surface area contributed by atoms with Gasteiger partial charge < -0.3 is 20.5 Å². The first-order valence-electron chi connectivity index (χ1n) is 11.7. The fourth-order valence-corrected chi connectivity index (χ4v) is 4.49. The third-order valence-electron chi connectivity index (χ3n) is 6.18. The Morgan fingerprint density at radius 2 is 1.89 bits per heavy atom. The SMILES string of the molecule is CC(=O)NC(Cc1cc(F)cc(F)c1)C(O)CNC1CCOc2ccc(-c3cccc(C#N)c3)cc21. The van der Waals surface area contributed by atoms with Gasteiger partial charge in [-0.2, -0.15) is 5.26 Å². The lowest BCUT2D eigenvalue weighted by atomic mass is 9.94. The average Bonchev–Trinajstić information content (AvgIpc) is 2.85. The predicted octanol–water partition coefficient (Wildman–Crippen LogP) is 4.02. The van der Waals surface area contributed by atoms with Crippen LogP contribution in [0.5, 0.6) is 5.75 Å².